The summed E-state index contributed by atoms with van der Waals surface area (Å²) < 4.78 is 0. The molecule has 0 spiro atoms. The average Bonchev–Trinajstić information content (AvgIpc) is 2.26. The minimum absolute atomic E-state index is 0.00573. The van der Waals surface area contributed by atoms with Crippen LogP contribution in [0.5, 0.6) is 0 Å². The van der Waals surface area contributed by atoms with Crippen molar-refractivity contribution in [3.8, 4) is 0 Å². The monoisotopic (exact) mass is 248 g/mol. The number of amides is 1. The van der Waals surface area contributed by atoms with Gasteiger partial charge in [-0.25, -0.2) is 0 Å². The molecule has 100 valence electrons. The second-order valence-electron chi connectivity index (χ2n) is 5.73. The van der Waals surface area contributed by atoms with Crippen molar-refractivity contribution in [3.63, 3.8) is 0 Å². The molecular formula is C15H24N2O. The average molecular weight is 248 g/mol. The van der Waals surface area contributed by atoms with Gasteiger partial charge in [-0.1, -0.05) is 6.07 Å². The van der Waals surface area contributed by atoms with Crippen LogP contribution in [0, 0.1) is 13.8 Å². The molecule has 1 aromatic carbocycles. The van der Waals surface area contributed by atoms with E-state index < -0.39 is 0 Å². The van der Waals surface area contributed by atoms with Crippen molar-refractivity contribution in [3.05, 3.63) is 34.9 Å². The topological polar surface area (TPSA) is 41.1 Å². The molecule has 1 aromatic rings. The van der Waals surface area contributed by atoms with E-state index >= 15 is 0 Å². The molecule has 0 aliphatic carbocycles. The van der Waals surface area contributed by atoms with E-state index in [2.05, 4.69) is 31.4 Å². The third kappa shape index (κ3) is 4.88. The van der Waals surface area contributed by atoms with Gasteiger partial charge in [0.2, 0.25) is 0 Å². The van der Waals surface area contributed by atoms with Gasteiger partial charge >= 0.3 is 0 Å². The Kier molecular flexibility index (Phi) is 4.91. The molecule has 0 heterocycles. The van der Waals surface area contributed by atoms with Gasteiger partial charge in [0.15, 0.2) is 0 Å². The maximum absolute atomic E-state index is 11.9. The number of carbonyl (C=O) groups is 1. The molecule has 18 heavy (non-hydrogen) atoms. The van der Waals surface area contributed by atoms with E-state index in [9.17, 15) is 4.79 Å². The second kappa shape index (κ2) is 6.01. The fraction of sp³-hybridized carbons (Fsp3) is 0.533. The molecule has 0 saturated carbocycles. The maximum atomic E-state index is 11.9. The quantitative estimate of drug-likeness (QED) is 0.803. The largest absolute Gasteiger partial charge is 0.351 e. The second-order valence-corrected chi connectivity index (χ2v) is 5.73. The summed E-state index contributed by atoms with van der Waals surface area (Å²) in [6.07, 6.45) is 0. The van der Waals surface area contributed by atoms with Crippen LogP contribution in [0.3, 0.4) is 0 Å². The lowest BCUT2D eigenvalue weighted by atomic mass is 10.1. The lowest BCUT2D eigenvalue weighted by Crippen LogP contribution is -2.41. The van der Waals surface area contributed by atoms with Gasteiger partial charge in [-0.05, 0) is 57.9 Å². The number of hydrogen-bond acceptors (Lipinski definition) is 2. The summed E-state index contributed by atoms with van der Waals surface area (Å²) in [5.74, 6) is -0.00573. The zero-order chi connectivity index (χ0) is 13.8. The SMILES string of the molecule is Cc1ccc(C(=O)NCCNC(C)(C)C)cc1C. The number of benzene rings is 1. The highest BCUT2D eigenvalue weighted by molar-refractivity contribution is 5.94. The van der Waals surface area contributed by atoms with Crippen LogP contribution in [0.25, 0.3) is 0 Å². The summed E-state index contributed by atoms with van der Waals surface area (Å²) in [6, 6.07) is 5.79. The predicted molar refractivity (Wildman–Crippen MR) is 76.0 cm³/mol. The lowest BCUT2D eigenvalue weighted by molar-refractivity contribution is 0.0953. The molecule has 0 fully saturated rings. The number of carbonyl (C=O) groups excluding carboxylic acids is 1. The Labute approximate surface area is 110 Å². The van der Waals surface area contributed by atoms with Gasteiger partial charge in [0.25, 0.3) is 5.91 Å². The van der Waals surface area contributed by atoms with Gasteiger partial charge in [0.1, 0.15) is 0 Å². The van der Waals surface area contributed by atoms with Gasteiger partial charge in [-0.15, -0.1) is 0 Å². The summed E-state index contributed by atoms with van der Waals surface area (Å²) in [7, 11) is 0. The van der Waals surface area contributed by atoms with Crippen LogP contribution in [0.4, 0.5) is 0 Å². The van der Waals surface area contributed by atoms with Crippen molar-refractivity contribution in [2.24, 2.45) is 0 Å². The summed E-state index contributed by atoms with van der Waals surface area (Å²) in [6.45, 7) is 11.8. The summed E-state index contributed by atoms with van der Waals surface area (Å²) in [5, 5.41) is 6.25. The summed E-state index contributed by atoms with van der Waals surface area (Å²) >= 11 is 0. The van der Waals surface area contributed by atoms with Crippen LogP contribution >= 0.6 is 0 Å². The summed E-state index contributed by atoms with van der Waals surface area (Å²) in [5.41, 5.74) is 3.18. The Morgan fingerprint density at radius 1 is 1.11 bits per heavy atom. The van der Waals surface area contributed by atoms with E-state index in [1.165, 1.54) is 5.56 Å². The van der Waals surface area contributed by atoms with Gasteiger partial charge in [0, 0.05) is 24.2 Å². The molecule has 0 atom stereocenters. The van der Waals surface area contributed by atoms with Crippen LogP contribution < -0.4 is 10.6 Å². The van der Waals surface area contributed by atoms with E-state index in [4.69, 9.17) is 0 Å². The first-order valence-electron chi connectivity index (χ1n) is 6.40. The Balaban J connectivity index is 2.43. The molecule has 0 saturated heterocycles. The van der Waals surface area contributed by atoms with Crippen molar-refractivity contribution in [2.75, 3.05) is 13.1 Å². The van der Waals surface area contributed by atoms with Gasteiger partial charge in [-0.2, -0.15) is 0 Å². The van der Waals surface area contributed by atoms with Crippen LogP contribution in [-0.2, 0) is 0 Å². The molecule has 1 amide bonds. The summed E-state index contributed by atoms with van der Waals surface area (Å²) in [4.78, 5) is 11.9. The molecule has 0 unspecified atom stereocenters. The first-order chi connectivity index (χ1) is 8.29. The fourth-order valence-corrected chi connectivity index (χ4v) is 1.60. The number of nitrogens with one attached hydrogen (secondary N) is 2. The highest BCUT2D eigenvalue weighted by Crippen LogP contribution is 2.09. The number of rotatable bonds is 4. The zero-order valence-electron chi connectivity index (χ0n) is 12.1. The molecule has 0 radical (unpaired) electrons. The van der Waals surface area contributed by atoms with Crippen LogP contribution in [0.15, 0.2) is 18.2 Å². The van der Waals surface area contributed by atoms with Gasteiger partial charge in [-0.3, -0.25) is 4.79 Å². The first-order valence-corrected chi connectivity index (χ1v) is 6.40. The van der Waals surface area contributed by atoms with Crippen molar-refractivity contribution in [2.45, 2.75) is 40.2 Å². The highest BCUT2D eigenvalue weighted by Gasteiger charge is 2.09. The van der Waals surface area contributed by atoms with Crippen LogP contribution in [0.2, 0.25) is 0 Å². The first kappa shape index (κ1) is 14.7. The minimum Gasteiger partial charge on any atom is -0.351 e. The Hall–Kier alpha value is -1.35. The normalized spacial score (nSPS) is 11.4. The third-order valence-corrected chi connectivity index (χ3v) is 2.83. The Morgan fingerprint density at radius 3 is 2.33 bits per heavy atom. The Morgan fingerprint density at radius 2 is 1.78 bits per heavy atom. The van der Waals surface area contributed by atoms with E-state index in [0.717, 1.165) is 17.7 Å². The molecule has 3 heteroatoms. The molecule has 0 aromatic heterocycles. The Bertz CT molecular complexity index is 419. The van der Waals surface area contributed by atoms with Crippen molar-refractivity contribution >= 4 is 5.91 Å². The third-order valence-electron chi connectivity index (χ3n) is 2.83. The van der Waals surface area contributed by atoms with E-state index in [1.54, 1.807) is 0 Å². The molecule has 0 bridgehead atoms. The molecule has 2 N–H and O–H groups in total. The lowest BCUT2D eigenvalue weighted by Gasteiger charge is -2.20. The molecule has 0 aliphatic heterocycles. The van der Waals surface area contributed by atoms with Crippen LogP contribution in [-0.4, -0.2) is 24.5 Å². The molecular weight excluding hydrogens is 224 g/mol. The minimum atomic E-state index is -0.00573. The smallest absolute Gasteiger partial charge is 0.251 e. The number of hydrogen-bond donors (Lipinski definition) is 2. The molecule has 3 nitrogen and oxygen atoms in total. The maximum Gasteiger partial charge on any atom is 0.251 e. The number of aryl methyl sites for hydroxylation is 2. The van der Waals surface area contributed by atoms with E-state index in [-0.39, 0.29) is 11.4 Å². The molecule has 0 aliphatic rings. The van der Waals surface area contributed by atoms with Gasteiger partial charge in [0.05, 0.1) is 0 Å². The fourth-order valence-electron chi connectivity index (χ4n) is 1.60. The van der Waals surface area contributed by atoms with E-state index in [1.807, 2.05) is 32.0 Å². The van der Waals surface area contributed by atoms with Crippen molar-refractivity contribution < 1.29 is 4.79 Å². The molecule has 1 rings (SSSR count). The highest BCUT2D eigenvalue weighted by atomic mass is 16.1. The standard InChI is InChI=1S/C15H24N2O/c1-11-6-7-13(10-12(11)2)14(18)16-8-9-17-15(3,4)5/h6-7,10,17H,8-9H2,1-5H3,(H,16,18). The zero-order valence-corrected chi connectivity index (χ0v) is 12.1. The predicted octanol–water partition coefficient (Wildman–Crippen LogP) is 2.42. The van der Waals surface area contributed by atoms with E-state index in [0.29, 0.717) is 6.54 Å². The van der Waals surface area contributed by atoms with Crippen molar-refractivity contribution in [1.82, 2.24) is 10.6 Å². The van der Waals surface area contributed by atoms with Crippen molar-refractivity contribution in [1.29, 1.82) is 0 Å². The van der Waals surface area contributed by atoms with Gasteiger partial charge < -0.3 is 10.6 Å². The van der Waals surface area contributed by atoms with Crippen LogP contribution in [0.1, 0.15) is 42.3 Å².